The highest BCUT2D eigenvalue weighted by Gasteiger charge is 1.94. The van der Waals surface area contributed by atoms with Gasteiger partial charge in [-0.1, -0.05) is 13.8 Å². The van der Waals surface area contributed by atoms with Crippen molar-refractivity contribution in [2.45, 2.75) is 20.3 Å². The van der Waals surface area contributed by atoms with Crippen LogP contribution < -0.4 is 5.73 Å². The van der Waals surface area contributed by atoms with Crippen molar-refractivity contribution < 1.29 is 0 Å². The van der Waals surface area contributed by atoms with E-state index in [4.69, 9.17) is 5.73 Å². The van der Waals surface area contributed by atoms with Gasteiger partial charge in [0.15, 0.2) is 5.96 Å². The molecule has 0 aliphatic rings. The summed E-state index contributed by atoms with van der Waals surface area (Å²) in [4.78, 5) is 6.00. The number of nitrogens with two attached hydrogens (primary N) is 1. The van der Waals surface area contributed by atoms with E-state index in [0.717, 1.165) is 13.0 Å². The highest BCUT2D eigenvalue weighted by Crippen LogP contribution is 1.98. The molecule has 0 spiro atoms. The van der Waals surface area contributed by atoms with Crippen molar-refractivity contribution in [1.82, 2.24) is 4.90 Å². The molecule has 0 fully saturated rings. The van der Waals surface area contributed by atoms with Gasteiger partial charge in [0.25, 0.3) is 0 Å². The fourth-order valence-corrected chi connectivity index (χ4v) is 0.579. The van der Waals surface area contributed by atoms with Gasteiger partial charge in [-0.15, -0.1) is 0 Å². The number of hydrogen-bond acceptors (Lipinski definition) is 1. The Morgan fingerprint density at radius 2 is 2.00 bits per heavy atom. The van der Waals surface area contributed by atoms with Gasteiger partial charge in [0.2, 0.25) is 0 Å². The lowest BCUT2D eigenvalue weighted by Crippen LogP contribution is -2.30. The first kappa shape index (κ1) is 10.3. The van der Waals surface area contributed by atoms with E-state index in [2.05, 4.69) is 18.8 Å². The van der Waals surface area contributed by atoms with Gasteiger partial charge in [0, 0.05) is 20.6 Å². The van der Waals surface area contributed by atoms with E-state index in [1.165, 1.54) is 0 Å². The molecule has 0 aromatic rings. The average Bonchev–Trinajstić information content (AvgIpc) is 1.86. The highest BCUT2D eigenvalue weighted by molar-refractivity contribution is 5.77. The Morgan fingerprint density at radius 3 is 2.36 bits per heavy atom. The van der Waals surface area contributed by atoms with Gasteiger partial charge in [-0.3, -0.25) is 4.99 Å². The van der Waals surface area contributed by atoms with Crippen LogP contribution in [0.5, 0.6) is 0 Å². The maximum Gasteiger partial charge on any atom is 0.190 e. The molecule has 0 heterocycles. The van der Waals surface area contributed by atoms with Crippen LogP contribution in [0.3, 0.4) is 0 Å². The maximum absolute atomic E-state index is 5.58. The predicted octanol–water partition coefficient (Wildman–Crippen LogP) is 0.909. The van der Waals surface area contributed by atoms with Gasteiger partial charge in [-0.25, -0.2) is 0 Å². The van der Waals surface area contributed by atoms with Crippen molar-refractivity contribution in [1.29, 1.82) is 0 Å². The van der Waals surface area contributed by atoms with E-state index in [-0.39, 0.29) is 0 Å². The molecule has 0 aliphatic heterocycles. The molecule has 11 heavy (non-hydrogen) atoms. The molecule has 2 N–H and O–H groups in total. The zero-order chi connectivity index (χ0) is 8.85. The molecule has 3 heteroatoms. The molecule has 0 aliphatic carbocycles. The van der Waals surface area contributed by atoms with Crippen LogP contribution in [0.2, 0.25) is 0 Å². The first-order valence-corrected chi connectivity index (χ1v) is 4.01. The van der Waals surface area contributed by atoms with Crippen LogP contribution in [0.25, 0.3) is 0 Å². The lowest BCUT2D eigenvalue weighted by atomic mass is 10.1. The number of hydrogen-bond donors (Lipinski definition) is 1. The van der Waals surface area contributed by atoms with Crippen molar-refractivity contribution in [2.75, 3.05) is 20.6 Å². The van der Waals surface area contributed by atoms with Crippen LogP contribution in [-0.4, -0.2) is 31.5 Å². The van der Waals surface area contributed by atoms with Gasteiger partial charge in [0.1, 0.15) is 0 Å². The summed E-state index contributed by atoms with van der Waals surface area (Å²) < 4.78 is 0. The molecule has 0 rings (SSSR count). The Hall–Kier alpha value is -0.730. The second kappa shape index (κ2) is 4.99. The molecule has 0 bridgehead atoms. The van der Waals surface area contributed by atoms with Crippen LogP contribution in [0.4, 0.5) is 0 Å². The van der Waals surface area contributed by atoms with Crippen LogP contribution in [-0.2, 0) is 0 Å². The van der Waals surface area contributed by atoms with Crippen molar-refractivity contribution >= 4 is 5.96 Å². The summed E-state index contributed by atoms with van der Waals surface area (Å²) in [5.74, 6) is 1.32. The molecule has 0 amide bonds. The highest BCUT2D eigenvalue weighted by atomic mass is 15.2. The minimum atomic E-state index is 0.616. The fourth-order valence-electron chi connectivity index (χ4n) is 0.579. The first-order valence-electron chi connectivity index (χ1n) is 4.01. The summed E-state index contributed by atoms with van der Waals surface area (Å²) in [5, 5.41) is 0. The Morgan fingerprint density at radius 1 is 1.45 bits per heavy atom. The van der Waals surface area contributed by atoms with E-state index >= 15 is 0 Å². The molecule has 0 saturated heterocycles. The van der Waals surface area contributed by atoms with Crippen molar-refractivity contribution in [3.63, 3.8) is 0 Å². The quantitative estimate of drug-likeness (QED) is 0.488. The van der Waals surface area contributed by atoms with Crippen LogP contribution in [0, 0.1) is 5.92 Å². The number of guanidine groups is 1. The lowest BCUT2D eigenvalue weighted by Gasteiger charge is -2.10. The SMILES string of the molecule is CC(C)CCN=C(N)N(C)C. The second-order valence-electron chi connectivity index (χ2n) is 3.32. The third-order valence-electron chi connectivity index (χ3n) is 1.44. The lowest BCUT2D eigenvalue weighted by molar-refractivity contribution is 0.577. The van der Waals surface area contributed by atoms with Gasteiger partial charge >= 0.3 is 0 Å². The van der Waals surface area contributed by atoms with Crippen LogP contribution in [0.1, 0.15) is 20.3 Å². The summed E-state index contributed by atoms with van der Waals surface area (Å²) in [6.45, 7) is 5.20. The largest absolute Gasteiger partial charge is 0.370 e. The summed E-state index contributed by atoms with van der Waals surface area (Å²) in [5.41, 5.74) is 5.58. The van der Waals surface area contributed by atoms with E-state index in [1.54, 1.807) is 0 Å². The van der Waals surface area contributed by atoms with Crippen molar-refractivity contribution in [2.24, 2.45) is 16.6 Å². The van der Waals surface area contributed by atoms with Gasteiger partial charge in [-0.05, 0) is 12.3 Å². The van der Waals surface area contributed by atoms with Crippen molar-refractivity contribution in [3.05, 3.63) is 0 Å². The number of rotatable bonds is 3. The molecular formula is C8H19N3. The molecule has 0 aromatic carbocycles. The normalized spacial score (nSPS) is 12.3. The molecular weight excluding hydrogens is 138 g/mol. The van der Waals surface area contributed by atoms with Crippen LogP contribution in [0.15, 0.2) is 4.99 Å². The zero-order valence-corrected chi connectivity index (χ0v) is 7.96. The number of aliphatic imine (C=N–C) groups is 1. The molecule has 0 saturated carbocycles. The molecule has 0 radical (unpaired) electrons. The van der Waals surface area contributed by atoms with Gasteiger partial charge in [-0.2, -0.15) is 0 Å². The Bertz CT molecular complexity index is 127. The Balaban J connectivity index is 3.57. The minimum absolute atomic E-state index is 0.616. The predicted molar refractivity (Wildman–Crippen MR) is 49.6 cm³/mol. The average molecular weight is 157 g/mol. The minimum Gasteiger partial charge on any atom is -0.370 e. The second-order valence-corrected chi connectivity index (χ2v) is 3.32. The Kier molecular flexibility index (Phi) is 4.66. The van der Waals surface area contributed by atoms with E-state index in [9.17, 15) is 0 Å². The summed E-state index contributed by atoms with van der Waals surface area (Å²) in [6, 6.07) is 0. The molecule has 0 unspecified atom stereocenters. The maximum atomic E-state index is 5.58. The smallest absolute Gasteiger partial charge is 0.190 e. The van der Waals surface area contributed by atoms with Crippen LogP contribution >= 0.6 is 0 Å². The third kappa shape index (κ3) is 5.70. The number of nitrogens with zero attached hydrogens (tertiary/aromatic N) is 2. The standard InChI is InChI=1S/C8H19N3/c1-7(2)5-6-10-8(9)11(3)4/h7H,5-6H2,1-4H3,(H2,9,10). The summed E-state index contributed by atoms with van der Waals surface area (Å²) >= 11 is 0. The zero-order valence-electron chi connectivity index (χ0n) is 7.96. The molecule has 66 valence electrons. The Labute approximate surface area is 69.3 Å². The van der Waals surface area contributed by atoms with Crippen molar-refractivity contribution in [3.8, 4) is 0 Å². The molecule has 0 aromatic heterocycles. The molecule has 0 atom stereocenters. The van der Waals surface area contributed by atoms with E-state index in [0.29, 0.717) is 11.9 Å². The fraction of sp³-hybridized carbons (Fsp3) is 0.875. The molecule has 3 nitrogen and oxygen atoms in total. The van der Waals surface area contributed by atoms with Gasteiger partial charge < -0.3 is 10.6 Å². The summed E-state index contributed by atoms with van der Waals surface area (Å²) in [6.07, 6.45) is 1.11. The first-order chi connectivity index (χ1) is 5.04. The van der Waals surface area contributed by atoms with E-state index in [1.807, 2.05) is 19.0 Å². The monoisotopic (exact) mass is 157 g/mol. The topological polar surface area (TPSA) is 41.6 Å². The summed E-state index contributed by atoms with van der Waals surface area (Å²) in [7, 11) is 3.79. The van der Waals surface area contributed by atoms with E-state index < -0.39 is 0 Å². The van der Waals surface area contributed by atoms with Gasteiger partial charge in [0.05, 0.1) is 0 Å². The third-order valence-corrected chi connectivity index (χ3v) is 1.44.